The first kappa shape index (κ1) is 17.0. The first-order valence-electron chi connectivity index (χ1n) is 7.06. The molecule has 4 nitrogen and oxygen atoms in total. The van der Waals surface area contributed by atoms with E-state index in [4.69, 9.17) is 11.6 Å². The summed E-state index contributed by atoms with van der Waals surface area (Å²) in [5, 5.41) is 2.63. The average molecular weight is 335 g/mol. The lowest BCUT2D eigenvalue weighted by atomic mass is 10.2. The normalized spacial score (nSPS) is 10.2. The van der Waals surface area contributed by atoms with Gasteiger partial charge in [-0.05, 0) is 24.3 Å². The Morgan fingerprint density at radius 3 is 2.43 bits per heavy atom. The smallest absolute Gasteiger partial charge is 0.255 e. The largest absolute Gasteiger partial charge is 0.350 e. The van der Waals surface area contributed by atoms with E-state index in [0.29, 0.717) is 0 Å². The molecule has 0 heterocycles. The highest BCUT2D eigenvalue weighted by Crippen LogP contribution is 2.18. The Bertz CT molecular complexity index is 687. The van der Waals surface area contributed by atoms with E-state index < -0.39 is 11.7 Å². The molecule has 0 fully saturated rings. The van der Waals surface area contributed by atoms with Crippen LogP contribution in [0.5, 0.6) is 0 Å². The predicted molar refractivity (Wildman–Crippen MR) is 88.2 cm³/mol. The SMILES string of the molecule is CC(=O)N(CCNC(=O)c1c(F)cccc1Cl)c1ccccc1. The Hall–Kier alpha value is -2.40. The van der Waals surface area contributed by atoms with E-state index in [-0.39, 0.29) is 29.6 Å². The quantitative estimate of drug-likeness (QED) is 0.912. The molecule has 2 amide bonds. The van der Waals surface area contributed by atoms with Crippen LogP contribution >= 0.6 is 11.6 Å². The van der Waals surface area contributed by atoms with Crippen LogP contribution in [0.1, 0.15) is 17.3 Å². The molecule has 120 valence electrons. The molecule has 0 unspecified atom stereocenters. The number of hydrogen-bond donors (Lipinski definition) is 1. The van der Waals surface area contributed by atoms with Crippen molar-refractivity contribution in [3.05, 3.63) is 64.9 Å². The first-order valence-corrected chi connectivity index (χ1v) is 7.44. The van der Waals surface area contributed by atoms with Gasteiger partial charge in [-0.3, -0.25) is 9.59 Å². The highest BCUT2D eigenvalue weighted by atomic mass is 35.5. The van der Waals surface area contributed by atoms with Crippen LogP contribution in [0.4, 0.5) is 10.1 Å². The third-order valence-electron chi connectivity index (χ3n) is 3.26. The Morgan fingerprint density at radius 2 is 1.83 bits per heavy atom. The monoisotopic (exact) mass is 334 g/mol. The number of nitrogens with one attached hydrogen (secondary N) is 1. The van der Waals surface area contributed by atoms with Crippen LogP contribution in [0.25, 0.3) is 0 Å². The van der Waals surface area contributed by atoms with Crippen LogP contribution in [0.2, 0.25) is 5.02 Å². The van der Waals surface area contributed by atoms with Gasteiger partial charge in [-0.25, -0.2) is 4.39 Å². The molecule has 2 rings (SSSR count). The van der Waals surface area contributed by atoms with Crippen LogP contribution in [0, 0.1) is 5.82 Å². The van der Waals surface area contributed by atoms with Crippen LogP contribution in [-0.2, 0) is 4.79 Å². The zero-order valence-electron chi connectivity index (χ0n) is 12.6. The van der Waals surface area contributed by atoms with Crippen LogP contribution in [-0.4, -0.2) is 24.9 Å². The molecule has 0 saturated heterocycles. The van der Waals surface area contributed by atoms with Gasteiger partial charge in [0, 0.05) is 25.7 Å². The zero-order valence-corrected chi connectivity index (χ0v) is 13.3. The molecule has 2 aromatic rings. The summed E-state index contributed by atoms with van der Waals surface area (Å²) in [6.07, 6.45) is 0. The van der Waals surface area contributed by atoms with E-state index in [1.165, 1.54) is 30.0 Å². The van der Waals surface area contributed by atoms with E-state index in [0.717, 1.165) is 5.69 Å². The molecular weight excluding hydrogens is 319 g/mol. The number of amides is 2. The maximum absolute atomic E-state index is 13.7. The standard InChI is InChI=1S/C17H16ClFN2O2/c1-12(22)21(13-6-3-2-4-7-13)11-10-20-17(23)16-14(18)8-5-9-15(16)19/h2-9H,10-11H2,1H3,(H,20,23). The highest BCUT2D eigenvalue weighted by molar-refractivity contribution is 6.33. The first-order chi connectivity index (χ1) is 11.0. The number of carbonyl (C=O) groups is 2. The molecule has 6 heteroatoms. The van der Waals surface area contributed by atoms with E-state index in [2.05, 4.69) is 5.32 Å². The topological polar surface area (TPSA) is 49.4 Å². The molecule has 23 heavy (non-hydrogen) atoms. The molecule has 0 aliphatic rings. The highest BCUT2D eigenvalue weighted by Gasteiger charge is 2.16. The van der Waals surface area contributed by atoms with Crippen LogP contribution in [0.15, 0.2) is 48.5 Å². The van der Waals surface area contributed by atoms with E-state index in [1.807, 2.05) is 18.2 Å². The Labute approximate surface area is 138 Å². The van der Waals surface area contributed by atoms with Crippen molar-refractivity contribution in [3.8, 4) is 0 Å². The third-order valence-corrected chi connectivity index (χ3v) is 3.57. The molecule has 2 aromatic carbocycles. The molecular formula is C17H16ClFN2O2. The summed E-state index contributed by atoms with van der Waals surface area (Å²) in [7, 11) is 0. The molecule has 0 bridgehead atoms. The van der Waals surface area contributed by atoms with Crippen molar-refractivity contribution in [2.24, 2.45) is 0 Å². The van der Waals surface area contributed by atoms with Gasteiger partial charge in [0.2, 0.25) is 5.91 Å². The van der Waals surface area contributed by atoms with Crippen LogP contribution < -0.4 is 10.2 Å². The van der Waals surface area contributed by atoms with Gasteiger partial charge in [-0.2, -0.15) is 0 Å². The van der Waals surface area contributed by atoms with Crippen molar-refractivity contribution in [1.29, 1.82) is 0 Å². The van der Waals surface area contributed by atoms with Crippen LogP contribution in [0.3, 0.4) is 0 Å². The Balaban J connectivity index is 2.00. The van der Waals surface area contributed by atoms with E-state index >= 15 is 0 Å². The second kappa shape index (κ2) is 7.74. The summed E-state index contributed by atoms with van der Waals surface area (Å²) in [6.45, 7) is 1.90. The average Bonchev–Trinajstić information content (AvgIpc) is 2.52. The number of nitrogens with zero attached hydrogens (tertiary/aromatic N) is 1. The van der Waals surface area contributed by atoms with Crippen molar-refractivity contribution in [3.63, 3.8) is 0 Å². The predicted octanol–water partition coefficient (Wildman–Crippen LogP) is 3.26. The van der Waals surface area contributed by atoms with Crippen molar-refractivity contribution in [2.45, 2.75) is 6.92 Å². The minimum atomic E-state index is -0.679. The number of rotatable bonds is 5. The Kier molecular flexibility index (Phi) is 5.71. The maximum Gasteiger partial charge on any atom is 0.255 e. The van der Waals surface area contributed by atoms with Crippen molar-refractivity contribution < 1.29 is 14.0 Å². The second-order valence-corrected chi connectivity index (χ2v) is 5.27. The number of halogens is 2. The minimum Gasteiger partial charge on any atom is -0.350 e. The van der Waals surface area contributed by atoms with E-state index in [9.17, 15) is 14.0 Å². The molecule has 0 aliphatic heterocycles. The van der Waals surface area contributed by atoms with Crippen molar-refractivity contribution >= 4 is 29.1 Å². The van der Waals surface area contributed by atoms with Gasteiger partial charge in [-0.1, -0.05) is 35.9 Å². The summed E-state index contributed by atoms with van der Waals surface area (Å²) < 4.78 is 13.7. The molecule has 0 saturated carbocycles. The van der Waals surface area contributed by atoms with Gasteiger partial charge >= 0.3 is 0 Å². The lowest BCUT2D eigenvalue weighted by molar-refractivity contribution is -0.116. The summed E-state index contributed by atoms with van der Waals surface area (Å²) in [6, 6.07) is 13.2. The zero-order chi connectivity index (χ0) is 16.8. The number of hydrogen-bond acceptors (Lipinski definition) is 2. The number of anilines is 1. The Morgan fingerprint density at radius 1 is 1.13 bits per heavy atom. The maximum atomic E-state index is 13.7. The van der Waals surface area contributed by atoms with Gasteiger partial charge in [0.05, 0.1) is 10.6 Å². The van der Waals surface area contributed by atoms with Gasteiger partial charge in [0.1, 0.15) is 5.82 Å². The molecule has 0 aromatic heterocycles. The fourth-order valence-corrected chi connectivity index (χ4v) is 2.41. The van der Waals surface area contributed by atoms with Gasteiger partial charge < -0.3 is 10.2 Å². The van der Waals surface area contributed by atoms with Gasteiger partial charge in [0.25, 0.3) is 5.91 Å². The number of benzene rings is 2. The van der Waals surface area contributed by atoms with E-state index in [1.54, 1.807) is 12.1 Å². The summed E-state index contributed by atoms with van der Waals surface area (Å²) in [4.78, 5) is 25.3. The fourth-order valence-electron chi connectivity index (χ4n) is 2.16. The summed E-state index contributed by atoms with van der Waals surface area (Å²) in [5.74, 6) is -1.43. The van der Waals surface area contributed by atoms with Gasteiger partial charge in [0.15, 0.2) is 0 Å². The summed E-state index contributed by atoms with van der Waals surface area (Å²) in [5.41, 5.74) is 0.543. The van der Waals surface area contributed by atoms with Crippen molar-refractivity contribution in [1.82, 2.24) is 5.32 Å². The molecule has 0 spiro atoms. The van der Waals surface area contributed by atoms with Crippen molar-refractivity contribution in [2.75, 3.05) is 18.0 Å². The molecule has 0 aliphatic carbocycles. The number of para-hydroxylation sites is 1. The molecule has 0 radical (unpaired) electrons. The third kappa shape index (κ3) is 4.29. The summed E-state index contributed by atoms with van der Waals surface area (Å²) >= 11 is 5.85. The molecule has 0 atom stereocenters. The number of carbonyl (C=O) groups excluding carboxylic acids is 2. The minimum absolute atomic E-state index is 0.0500. The lowest BCUT2D eigenvalue weighted by Crippen LogP contribution is -2.37. The lowest BCUT2D eigenvalue weighted by Gasteiger charge is -2.21. The molecule has 1 N–H and O–H groups in total. The fraction of sp³-hybridized carbons (Fsp3) is 0.176. The van der Waals surface area contributed by atoms with Gasteiger partial charge in [-0.15, -0.1) is 0 Å². The second-order valence-electron chi connectivity index (χ2n) is 4.86.